The third-order valence-corrected chi connectivity index (χ3v) is 4.60. The molecule has 0 aromatic heterocycles. The standard InChI is InChI=1S/C12H23N3O5S/c1-9(2)8-10(11(16)17)13-12(18)14-4-6-15(7-5-14)21(3,19)20/h9-10H,4-8H2,1-3H3,(H,13,18)(H,16,17). The molecule has 122 valence electrons. The fourth-order valence-corrected chi connectivity index (χ4v) is 2.98. The molecule has 0 aromatic rings. The van der Waals surface area contributed by atoms with Crippen LogP contribution in [0.2, 0.25) is 0 Å². The van der Waals surface area contributed by atoms with Crippen LogP contribution < -0.4 is 5.32 Å². The number of rotatable bonds is 5. The topological polar surface area (TPSA) is 107 Å². The maximum absolute atomic E-state index is 12.0. The number of piperazine rings is 1. The molecular weight excluding hydrogens is 298 g/mol. The van der Waals surface area contributed by atoms with E-state index in [1.807, 2.05) is 13.8 Å². The predicted octanol–water partition coefficient (Wildman–Crippen LogP) is -0.227. The molecule has 1 fully saturated rings. The smallest absolute Gasteiger partial charge is 0.326 e. The second kappa shape index (κ2) is 7.08. The largest absolute Gasteiger partial charge is 0.480 e. The summed E-state index contributed by atoms with van der Waals surface area (Å²) in [6, 6.07) is -1.39. The molecule has 0 saturated carbocycles. The monoisotopic (exact) mass is 321 g/mol. The normalized spacial score (nSPS) is 18.6. The van der Waals surface area contributed by atoms with Crippen LogP contribution in [0.5, 0.6) is 0 Å². The van der Waals surface area contributed by atoms with Crippen molar-refractivity contribution in [3.63, 3.8) is 0 Å². The Morgan fingerprint density at radius 1 is 1.19 bits per heavy atom. The minimum Gasteiger partial charge on any atom is -0.480 e. The lowest BCUT2D eigenvalue weighted by Crippen LogP contribution is -2.55. The number of hydrogen-bond acceptors (Lipinski definition) is 4. The zero-order valence-electron chi connectivity index (χ0n) is 12.6. The number of aliphatic carboxylic acids is 1. The number of sulfonamides is 1. The van der Waals surface area contributed by atoms with Gasteiger partial charge < -0.3 is 15.3 Å². The van der Waals surface area contributed by atoms with Crippen molar-refractivity contribution in [1.29, 1.82) is 0 Å². The molecule has 0 aromatic carbocycles. The van der Waals surface area contributed by atoms with Crippen molar-refractivity contribution in [1.82, 2.24) is 14.5 Å². The fourth-order valence-electron chi connectivity index (χ4n) is 2.16. The quantitative estimate of drug-likeness (QED) is 0.727. The molecule has 1 aliphatic heterocycles. The Kier molecular flexibility index (Phi) is 5.97. The summed E-state index contributed by atoms with van der Waals surface area (Å²) in [5, 5.41) is 11.6. The van der Waals surface area contributed by atoms with E-state index in [1.54, 1.807) is 0 Å². The van der Waals surface area contributed by atoms with Gasteiger partial charge in [0, 0.05) is 26.2 Å². The first-order valence-electron chi connectivity index (χ1n) is 6.84. The van der Waals surface area contributed by atoms with Gasteiger partial charge in [-0.3, -0.25) is 0 Å². The highest BCUT2D eigenvalue weighted by Gasteiger charge is 2.28. The highest BCUT2D eigenvalue weighted by Crippen LogP contribution is 2.09. The lowest BCUT2D eigenvalue weighted by Gasteiger charge is -2.34. The summed E-state index contributed by atoms with van der Waals surface area (Å²) in [6.45, 7) is 4.74. The van der Waals surface area contributed by atoms with Crippen molar-refractivity contribution < 1.29 is 23.1 Å². The Morgan fingerprint density at radius 2 is 1.71 bits per heavy atom. The van der Waals surface area contributed by atoms with E-state index in [9.17, 15) is 18.0 Å². The third-order valence-electron chi connectivity index (χ3n) is 3.30. The summed E-state index contributed by atoms with van der Waals surface area (Å²) in [7, 11) is -3.25. The van der Waals surface area contributed by atoms with Gasteiger partial charge in [-0.25, -0.2) is 18.0 Å². The van der Waals surface area contributed by atoms with Gasteiger partial charge in [-0.05, 0) is 12.3 Å². The lowest BCUT2D eigenvalue weighted by atomic mass is 10.0. The molecule has 0 spiro atoms. The van der Waals surface area contributed by atoms with E-state index in [4.69, 9.17) is 5.11 Å². The molecule has 0 bridgehead atoms. The molecule has 1 rings (SSSR count). The Balaban J connectivity index is 2.55. The van der Waals surface area contributed by atoms with Crippen LogP contribution in [-0.2, 0) is 14.8 Å². The Bertz CT molecular complexity index is 483. The van der Waals surface area contributed by atoms with Crippen LogP contribution in [0, 0.1) is 5.92 Å². The number of urea groups is 1. The minimum atomic E-state index is -3.25. The number of carbonyl (C=O) groups is 2. The van der Waals surface area contributed by atoms with Gasteiger partial charge >= 0.3 is 12.0 Å². The van der Waals surface area contributed by atoms with Crippen molar-refractivity contribution in [2.45, 2.75) is 26.3 Å². The maximum Gasteiger partial charge on any atom is 0.326 e. The third kappa shape index (κ3) is 5.50. The number of carboxylic acid groups (broad SMARTS) is 1. The van der Waals surface area contributed by atoms with E-state index in [1.165, 1.54) is 9.21 Å². The SMILES string of the molecule is CC(C)CC(NC(=O)N1CCN(S(C)(=O)=O)CC1)C(=O)O. The summed E-state index contributed by atoms with van der Waals surface area (Å²) in [5.41, 5.74) is 0. The van der Waals surface area contributed by atoms with Crippen LogP contribution in [0.25, 0.3) is 0 Å². The van der Waals surface area contributed by atoms with Gasteiger partial charge in [0.05, 0.1) is 6.26 Å². The Hall–Kier alpha value is -1.35. The van der Waals surface area contributed by atoms with Crippen LogP contribution >= 0.6 is 0 Å². The summed E-state index contributed by atoms with van der Waals surface area (Å²) in [5.74, 6) is -0.916. The summed E-state index contributed by atoms with van der Waals surface area (Å²) in [6.07, 6.45) is 1.48. The van der Waals surface area contributed by atoms with Crippen LogP contribution in [-0.4, -0.2) is 73.2 Å². The minimum absolute atomic E-state index is 0.147. The molecular formula is C12H23N3O5S. The predicted molar refractivity (Wildman–Crippen MR) is 77.4 cm³/mol. The van der Waals surface area contributed by atoms with Gasteiger partial charge in [-0.1, -0.05) is 13.8 Å². The van der Waals surface area contributed by atoms with Gasteiger partial charge in [-0.15, -0.1) is 0 Å². The first kappa shape index (κ1) is 17.7. The highest BCUT2D eigenvalue weighted by molar-refractivity contribution is 7.88. The van der Waals surface area contributed by atoms with Crippen LogP contribution in [0.15, 0.2) is 0 Å². The number of nitrogens with zero attached hydrogens (tertiary/aromatic N) is 2. The second-order valence-corrected chi connectivity index (χ2v) is 7.60. The number of carboxylic acids is 1. The maximum atomic E-state index is 12.0. The second-order valence-electron chi connectivity index (χ2n) is 5.62. The molecule has 2 amide bonds. The average molecular weight is 321 g/mol. The number of hydrogen-bond donors (Lipinski definition) is 2. The van der Waals surface area contributed by atoms with Crippen molar-refractivity contribution >= 4 is 22.0 Å². The molecule has 0 aliphatic carbocycles. The molecule has 1 atom stereocenters. The highest BCUT2D eigenvalue weighted by atomic mass is 32.2. The van der Waals surface area contributed by atoms with Crippen molar-refractivity contribution in [3.8, 4) is 0 Å². The number of nitrogens with one attached hydrogen (secondary N) is 1. The molecule has 2 N–H and O–H groups in total. The van der Waals surface area contributed by atoms with Crippen LogP contribution in [0.1, 0.15) is 20.3 Å². The molecule has 9 heteroatoms. The van der Waals surface area contributed by atoms with E-state index in [2.05, 4.69) is 5.32 Å². The molecule has 1 heterocycles. The first-order chi connectivity index (χ1) is 9.61. The number of carbonyl (C=O) groups excluding carboxylic acids is 1. The van der Waals surface area contributed by atoms with Crippen LogP contribution in [0.3, 0.4) is 0 Å². The van der Waals surface area contributed by atoms with Gasteiger partial charge in [-0.2, -0.15) is 4.31 Å². The molecule has 8 nitrogen and oxygen atoms in total. The summed E-state index contributed by atoms with van der Waals surface area (Å²) >= 11 is 0. The molecule has 1 aliphatic rings. The van der Waals surface area contributed by atoms with Crippen molar-refractivity contribution in [3.05, 3.63) is 0 Å². The van der Waals surface area contributed by atoms with E-state index >= 15 is 0 Å². The van der Waals surface area contributed by atoms with E-state index in [0.717, 1.165) is 6.26 Å². The van der Waals surface area contributed by atoms with Gasteiger partial charge in [0.1, 0.15) is 6.04 Å². The van der Waals surface area contributed by atoms with Crippen molar-refractivity contribution in [2.75, 3.05) is 32.4 Å². The van der Waals surface area contributed by atoms with Gasteiger partial charge in [0.2, 0.25) is 10.0 Å². The van der Waals surface area contributed by atoms with E-state index < -0.39 is 28.1 Å². The number of amides is 2. The van der Waals surface area contributed by atoms with Gasteiger partial charge in [0.15, 0.2) is 0 Å². The fraction of sp³-hybridized carbons (Fsp3) is 0.833. The Labute approximate surface area is 125 Å². The molecule has 0 radical (unpaired) electrons. The molecule has 21 heavy (non-hydrogen) atoms. The average Bonchev–Trinajstić information content (AvgIpc) is 2.36. The zero-order chi connectivity index (χ0) is 16.2. The first-order valence-corrected chi connectivity index (χ1v) is 8.69. The lowest BCUT2D eigenvalue weighted by molar-refractivity contribution is -0.139. The zero-order valence-corrected chi connectivity index (χ0v) is 13.4. The van der Waals surface area contributed by atoms with E-state index in [-0.39, 0.29) is 32.1 Å². The molecule has 1 saturated heterocycles. The van der Waals surface area contributed by atoms with E-state index in [0.29, 0.717) is 6.42 Å². The van der Waals surface area contributed by atoms with Crippen molar-refractivity contribution in [2.24, 2.45) is 5.92 Å². The van der Waals surface area contributed by atoms with Gasteiger partial charge in [0.25, 0.3) is 0 Å². The Morgan fingerprint density at radius 3 is 2.10 bits per heavy atom. The molecule has 1 unspecified atom stereocenters. The van der Waals surface area contributed by atoms with Crippen LogP contribution in [0.4, 0.5) is 4.79 Å². The summed E-state index contributed by atoms with van der Waals surface area (Å²) < 4.78 is 24.1. The summed E-state index contributed by atoms with van der Waals surface area (Å²) in [4.78, 5) is 24.6.